The van der Waals surface area contributed by atoms with Crippen LogP contribution in [-0.4, -0.2) is 10.9 Å². The zero-order chi connectivity index (χ0) is 43.8. The number of allylic oxidation sites excluding steroid dienone is 20. The zero-order valence-electron chi connectivity index (χ0n) is 38.1. The van der Waals surface area contributed by atoms with Crippen molar-refractivity contribution < 1.29 is 9.90 Å². The molecule has 0 saturated carbocycles. The number of carbonyl (C=O) groups excluding carboxylic acids is 1. The van der Waals surface area contributed by atoms with Gasteiger partial charge in [-0.1, -0.05) is 190 Å². The molecule has 2 heteroatoms. The Kier molecular flexibility index (Phi) is 18.3. The van der Waals surface area contributed by atoms with E-state index in [1.807, 2.05) is 55.5 Å². The highest BCUT2D eigenvalue weighted by atomic mass is 16.3. The summed E-state index contributed by atoms with van der Waals surface area (Å²) in [5.74, 6) is 0.206. The maximum atomic E-state index is 10.8. The van der Waals surface area contributed by atoms with E-state index in [9.17, 15) is 9.90 Å². The van der Waals surface area contributed by atoms with Crippen molar-refractivity contribution in [3.63, 3.8) is 0 Å². The first-order valence-electron chi connectivity index (χ1n) is 21.5. The Morgan fingerprint density at radius 2 is 1.10 bits per heavy atom. The van der Waals surface area contributed by atoms with Gasteiger partial charge < -0.3 is 5.11 Å². The van der Waals surface area contributed by atoms with Crippen molar-refractivity contribution in [1.82, 2.24) is 0 Å². The number of aliphatic hydroxyl groups excluding tert-OH is 1. The molecule has 1 N–H and O–H groups in total. The molecule has 8 rings (SSSR count). The van der Waals surface area contributed by atoms with Gasteiger partial charge in [0.15, 0.2) is 5.78 Å². The summed E-state index contributed by atoms with van der Waals surface area (Å²) in [4.78, 5) is 10.8. The van der Waals surface area contributed by atoms with Gasteiger partial charge >= 0.3 is 0 Å². The number of rotatable bonds is 7. The van der Waals surface area contributed by atoms with Gasteiger partial charge in [-0.15, -0.1) is 0 Å². The minimum Gasteiger partial charge on any atom is -0.384 e. The molecule has 0 fully saturated rings. The van der Waals surface area contributed by atoms with Crippen molar-refractivity contribution in [2.24, 2.45) is 0 Å². The molecule has 60 heavy (non-hydrogen) atoms. The third-order valence-electron chi connectivity index (χ3n) is 12.0. The predicted molar refractivity (Wildman–Crippen MR) is 260 cm³/mol. The summed E-state index contributed by atoms with van der Waals surface area (Å²) < 4.78 is 0. The topological polar surface area (TPSA) is 37.3 Å². The monoisotopic (exact) mass is 797 g/mol. The van der Waals surface area contributed by atoms with E-state index < -0.39 is 6.10 Å². The predicted octanol–water partition coefficient (Wildman–Crippen LogP) is 15.8. The molecule has 1 atom stereocenters. The van der Waals surface area contributed by atoms with Crippen LogP contribution in [0.3, 0.4) is 0 Å². The molecule has 3 aromatic rings. The lowest BCUT2D eigenvalue weighted by molar-refractivity contribution is -0.113. The van der Waals surface area contributed by atoms with Crippen LogP contribution >= 0.6 is 0 Å². The average Bonchev–Trinajstić information content (AvgIpc) is 4.08. The van der Waals surface area contributed by atoms with Crippen molar-refractivity contribution in [2.45, 2.75) is 114 Å². The molecule has 0 aliphatic heterocycles. The van der Waals surface area contributed by atoms with E-state index >= 15 is 0 Å². The first-order chi connectivity index (χ1) is 28.6. The standard InChI is InChI=1S/C15H16.C14H16O.C14H16.C8H10O.C7H10/c1-11-9-15(10-12(11)2)13(3)14-7-5-4-6-8-14;1-10-8-13(9-11(10)2)14(15)12-6-4-3-5-7-12;1-11-8-14(9-12(11)2)10-13-6-4-3-5-7-13;1-6-4-3-5-8(6)7(2)9;1-6-4-3-5-7(6)2/h4-9H,3,10H2,1-2H3;3-8,14-15H,9H2,1-2H3;3-8H,9-10H2,1-2H3;3-4H,5H2,1-2H3;3-4H,5H2,1-2H3. The molecule has 0 heterocycles. The number of Topliss-reactive ketones (excluding diaryl/α,β-unsaturated/α-hetero) is 1. The van der Waals surface area contributed by atoms with Crippen LogP contribution in [0, 0.1) is 0 Å². The number of ketones is 1. The van der Waals surface area contributed by atoms with Crippen molar-refractivity contribution in [1.29, 1.82) is 0 Å². The summed E-state index contributed by atoms with van der Waals surface area (Å²) in [5.41, 5.74) is 22.3. The molecule has 2 nitrogen and oxygen atoms in total. The normalized spacial score (nSPS) is 16.9. The second kappa shape index (κ2) is 23.3. The fourth-order valence-electron chi connectivity index (χ4n) is 7.49. The van der Waals surface area contributed by atoms with Crippen LogP contribution in [0.5, 0.6) is 0 Å². The lowest BCUT2D eigenvalue weighted by Crippen LogP contribution is -1.99. The summed E-state index contributed by atoms with van der Waals surface area (Å²) in [6.45, 7) is 25.1. The van der Waals surface area contributed by atoms with Gasteiger partial charge in [-0.05, 0) is 147 Å². The first-order valence-corrected chi connectivity index (χ1v) is 21.5. The average molecular weight is 797 g/mol. The number of hydrogen-bond acceptors (Lipinski definition) is 2. The van der Waals surface area contributed by atoms with Gasteiger partial charge in [-0.25, -0.2) is 0 Å². The third-order valence-corrected chi connectivity index (χ3v) is 12.0. The molecular formula is C58H68O2. The van der Waals surface area contributed by atoms with E-state index in [-0.39, 0.29) is 5.78 Å². The molecule has 0 spiro atoms. The van der Waals surface area contributed by atoms with Crippen LogP contribution in [0.2, 0.25) is 0 Å². The van der Waals surface area contributed by atoms with Crippen LogP contribution in [0.15, 0.2) is 213 Å². The fourth-order valence-corrected chi connectivity index (χ4v) is 7.49. The molecule has 5 aliphatic carbocycles. The summed E-state index contributed by atoms with van der Waals surface area (Å²) in [7, 11) is 0. The van der Waals surface area contributed by atoms with Crippen LogP contribution < -0.4 is 0 Å². The van der Waals surface area contributed by atoms with E-state index in [1.54, 1.807) is 12.5 Å². The second-order valence-corrected chi connectivity index (χ2v) is 16.8. The van der Waals surface area contributed by atoms with Gasteiger partial charge in [0, 0.05) is 5.57 Å². The molecule has 3 aromatic carbocycles. The van der Waals surface area contributed by atoms with Crippen LogP contribution in [-0.2, 0) is 11.2 Å². The Morgan fingerprint density at radius 3 is 1.52 bits per heavy atom. The Bertz CT molecular complexity index is 2310. The Labute approximate surface area is 363 Å². The summed E-state index contributed by atoms with van der Waals surface area (Å²) in [6, 6.07) is 30.9. The Balaban J connectivity index is 0.000000170. The first kappa shape index (κ1) is 47.1. The van der Waals surface area contributed by atoms with Gasteiger partial charge in [0.25, 0.3) is 0 Å². The number of carbonyl (C=O) groups is 1. The zero-order valence-corrected chi connectivity index (χ0v) is 38.1. The highest BCUT2D eigenvalue weighted by Crippen LogP contribution is 2.35. The van der Waals surface area contributed by atoms with Gasteiger partial charge in [0.05, 0.1) is 0 Å². The second-order valence-electron chi connectivity index (χ2n) is 16.8. The van der Waals surface area contributed by atoms with Crippen LogP contribution in [0.4, 0.5) is 0 Å². The molecule has 0 amide bonds. The minimum absolute atomic E-state index is 0.206. The van der Waals surface area contributed by atoms with Crippen LogP contribution in [0.25, 0.3) is 5.57 Å². The van der Waals surface area contributed by atoms with Crippen molar-refractivity contribution in [3.05, 3.63) is 229 Å². The molecule has 0 aromatic heterocycles. The SMILES string of the molecule is C=C(C1=CC(C)=C(C)C1)c1ccccc1.CC(=O)C1=C(C)C=CC1.CC1=C(C)CC(C(O)c2ccccc2)=C1.CC1=C(C)CC(Cc2ccccc2)=C1.CC1=C(C)CC=C1. The molecule has 0 saturated heterocycles. The number of benzene rings is 3. The van der Waals surface area contributed by atoms with Crippen LogP contribution in [0.1, 0.15) is 124 Å². The lowest BCUT2D eigenvalue weighted by atomic mass is 9.98. The third kappa shape index (κ3) is 14.3. The molecule has 312 valence electrons. The van der Waals surface area contributed by atoms with Gasteiger partial charge in [0.1, 0.15) is 6.10 Å². The van der Waals surface area contributed by atoms with Gasteiger partial charge in [-0.2, -0.15) is 0 Å². The molecular weight excluding hydrogens is 729 g/mol. The summed E-state index contributed by atoms with van der Waals surface area (Å²) in [6.07, 6.45) is 20.9. The van der Waals surface area contributed by atoms with E-state index in [1.165, 1.54) is 74.1 Å². The quantitative estimate of drug-likeness (QED) is 0.259. The Morgan fingerprint density at radius 1 is 0.583 bits per heavy atom. The molecule has 0 radical (unpaired) electrons. The fraction of sp³-hybridized carbons (Fsp3) is 0.293. The van der Waals surface area contributed by atoms with E-state index in [2.05, 4.69) is 147 Å². The van der Waals surface area contributed by atoms with Crippen molar-refractivity contribution >= 4 is 11.4 Å². The molecule has 1 unspecified atom stereocenters. The van der Waals surface area contributed by atoms with E-state index in [0.29, 0.717) is 0 Å². The van der Waals surface area contributed by atoms with Gasteiger partial charge in [0.2, 0.25) is 0 Å². The number of hydrogen-bond donors (Lipinski definition) is 1. The highest BCUT2D eigenvalue weighted by Gasteiger charge is 2.18. The van der Waals surface area contributed by atoms with Crippen molar-refractivity contribution in [2.75, 3.05) is 0 Å². The summed E-state index contributed by atoms with van der Waals surface area (Å²) >= 11 is 0. The van der Waals surface area contributed by atoms with E-state index in [0.717, 1.165) is 53.5 Å². The Hall–Kier alpha value is -5.57. The van der Waals surface area contributed by atoms with Gasteiger partial charge in [-0.3, -0.25) is 4.79 Å². The molecule has 0 bridgehead atoms. The maximum absolute atomic E-state index is 10.8. The largest absolute Gasteiger partial charge is 0.384 e. The highest BCUT2D eigenvalue weighted by molar-refractivity contribution is 5.95. The smallest absolute Gasteiger partial charge is 0.156 e. The number of aliphatic hydroxyl groups is 1. The summed E-state index contributed by atoms with van der Waals surface area (Å²) in [5, 5.41) is 10.2. The molecule has 5 aliphatic rings. The lowest BCUT2D eigenvalue weighted by Gasteiger charge is -2.12. The minimum atomic E-state index is -0.446. The van der Waals surface area contributed by atoms with E-state index in [4.69, 9.17) is 0 Å². The van der Waals surface area contributed by atoms with Crippen molar-refractivity contribution in [3.8, 4) is 0 Å². The maximum Gasteiger partial charge on any atom is 0.156 e.